The van der Waals surface area contributed by atoms with Gasteiger partial charge in [0.2, 0.25) is 0 Å². The molecule has 126 valence electrons. The Morgan fingerprint density at radius 1 is 1.04 bits per heavy atom. The van der Waals surface area contributed by atoms with Crippen molar-refractivity contribution >= 4 is 5.97 Å². The predicted molar refractivity (Wildman–Crippen MR) is 95.3 cm³/mol. The molecule has 0 saturated heterocycles. The van der Waals surface area contributed by atoms with Gasteiger partial charge in [0.15, 0.2) is 0 Å². The fourth-order valence-electron chi connectivity index (χ4n) is 3.31. The molecular formula is C21H25NO2. The molecule has 2 unspecified atom stereocenters. The quantitative estimate of drug-likeness (QED) is 0.721. The van der Waals surface area contributed by atoms with Crippen molar-refractivity contribution in [1.29, 1.82) is 0 Å². The summed E-state index contributed by atoms with van der Waals surface area (Å²) in [7, 11) is 0. The molecule has 2 aromatic carbocycles. The zero-order chi connectivity index (χ0) is 17.0. The Morgan fingerprint density at radius 2 is 1.54 bits per heavy atom. The Hall–Kier alpha value is -2.13. The molecule has 1 aliphatic carbocycles. The first-order valence-corrected chi connectivity index (χ1v) is 8.63. The van der Waals surface area contributed by atoms with Crippen LogP contribution in [0.3, 0.4) is 0 Å². The van der Waals surface area contributed by atoms with Crippen molar-refractivity contribution in [2.45, 2.75) is 38.9 Å². The zero-order valence-electron chi connectivity index (χ0n) is 14.4. The summed E-state index contributed by atoms with van der Waals surface area (Å²) in [5.41, 5.74) is 2.41. The number of esters is 1. The number of carbonyl (C=O) groups is 1. The van der Waals surface area contributed by atoms with E-state index < -0.39 is 0 Å². The third-order valence-corrected chi connectivity index (χ3v) is 4.93. The SMILES string of the molecule is CCOC(=O)C1CC1(C)N(Cc1ccccc1)Cc1ccccc1. The predicted octanol–water partition coefficient (Wildman–Crippen LogP) is 4.03. The molecule has 0 aliphatic heterocycles. The highest BCUT2D eigenvalue weighted by molar-refractivity contribution is 5.78. The number of benzene rings is 2. The van der Waals surface area contributed by atoms with Crippen molar-refractivity contribution in [2.75, 3.05) is 6.61 Å². The van der Waals surface area contributed by atoms with Gasteiger partial charge in [-0.2, -0.15) is 0 Å². The highest BCUT2D eigenvalue weighted by Crippen LogP contribution is 2.50. The molecule has 24 heavy (non-hydrogen) atoms. The van der Waals surface area contributed by atoms with E-state index in [-0.39, 0.29) is 17.4 Å². The third-order valence-electron chi connectivity index (χ3n) is 4.93. The number of carbonyl (C=O) groups excluding carboxylic acids is 1. The Balaban J connectivity index is 1.79. The molecule has 1 saturated carbocycles. The van der Waals surface area contributed by atoms with E-state index in [1.807, 2.05) is 19.1 Å². The van der Waals surface area contributed by atoms with E-state index in [0.29, 0.717) is 6.61 Å². The topological polar surface area (TPSA) is 29.5 Å². The standard InChI is InChI=1S/C21H25NO2/c1-3-24-20(23)19-14-21(19,2)22(15-17-10-6-4-7-11-17)16-18-12-8-5-9-13-18/h4-13,19H,3,14-16H2,1-2H3. The van der Waals surface area contributed by atoms with Crippen LogP contribution >= 0.6 is 0 Å². The molecule has 0 spiro atoms. The maximum absolute atomic E-state index is 12.2. The zero-order valence-corrected chi connectivity index (χ0v) is 14.4. The van der Waals surface area contributed by atoms with E-state index in [1.165, 1.54) is 11.1 Å². The number of rotatable bonds is 7. The molecule has 1 aliphatic rings. The normalized spacial score (nSPS) is 22.4. The third kappa shape index (κ3) is 3.68. The van der Waals surface area contributed by atoms with E-state index in [4.69, 9.17) is 4.74 Å². The van der Waals surface area contributed by atoms with Gasteiger partial charge in [0.1, 0.15) is 0 Å². The second-order valence-electron chi connectivity index (χ2n) is 6.69. The lowest BCUT2D eigenvalue weighted by Crippen LogP contribution is -2.37. The van der Waals surface area contributed by atoms with Crippen LogP contribution in [0.15, 0.2) is 60.7 Å². The van der Waals surface area contributed by atoms with Gasteiger partial charge in [-0.15, -0.1) is 0 Å². The van der Waals surface area contributed by atoms with Crippen LogP contribution < -0.4 is 0 Å². The minimum absolute atomic E-state index is 0.0233. The molecule has 3 heteroatoms. The summed E-state index contributed by atoms with van der Waals surface area (Å²) in [5.74, 6) is -0.0870. The first kappa shape index (κ1) is 16.7. The number of ether oxygens (including phenoxy) is 1. The summed E-state index contributed by atoms with van der Waals surface area (Å²) in [6, 6.07) is 20.9. The van der Waals surface area contributed by atoms with Crippen LogP contribution in [0, 0.1) is 5.92 Å². The van der Waals surface area contributed by atoms with Crippen LogP contribution in [0.5, 0.6) is 0 Å². The van der Waals surface area contributed by atoms with Gasteiger partial charge in [0.25, 0.3) is 0 Å². The summed E-state index contributed by atoms with van der Waals surface area (Å²) < 4.78 is 5.25. The van der Waals surface area contributed by atoms with Gasteiger partial charge in [-0.05, 0) is 31.4 Å². The van der Waals surface area contributed by atoms with E-state index in [2.05, 4.69) is 60.4 Å². The van der Waals surface area contributed by atoms with Crippen LogP contribution in [0.25, 0.3) is 0 Å². The molecule has 2 aromatic rings. The van der Waals surface area contributed by atoms with E-state index >= 15 is 0 Å². The first-order valence-electron chi connectivity index (χ1n) is 8.63. The largest absolute Gasteiger partial charge is 0.466 e. The van der Waals surface area contributed by atoms with Crippen molar-refractivity contribution < 1.29 is 9.53 Å². The van der Waals surface area contributed by atoms with Crippen LogP contribution in [-0.2, 0) is 22.6 Å². The summed E-state index contributed by atoms with van der Waals surface area (Å²) in [6.45, 7) is 6.16. The molecule has 0 aromatic heterocycles. The van der Waals surface area contributed by atoms with Crippen LogP contribution in [0.2, 0.25) is 0 Å². The average molecular weight is 323 g/mol. The van der Waals surface area contributed by atoms with Crippen molar-refractivity contribution in [3.05, 3.63) is 71.8 Å². The molecule has 0 radical (unpaired) electrons. The second kappa shape index (κ2) is 7.18. The highest BCUT2D eigenvalue weighted by Gasteiger charge is 2.59. The fourth-order valence-corrected chi connectivity index (χ4v) is 3.31. The van der Waals surface area contributed by atoms with Gasteiger partial charge in [-0.1, -0.05) is 60.7 Å². The summed E-state index contributed by atoms with van der Waals surface area (Å²) in [5, 5.41) is 0. The molecule has 0 bridgehead atoms. The fraction of sp³-hybridized carbons (Fsp3) is 0.381. The van der Waals surface area contributed by atoms with E-state index in [9.17, 15) is 4.79 Å². The van der Waals surface area contributed by atoms with Crippen LogP contribution in [-0.4, -0.2) is 23.0 Å². The van der Waals surface area contributed by atoms with E-state index in [1.54, 1.807) is 0 Å². The van der Waals surface area contributed by atoms with Gasteiger partial charge >= 0.3 is 5.97 Å². The minimum atomic E-state index is -0.127. The Bertz CT molecular complexity index is 629. The average Bonchev–Trinajstić information content (AvgIpc) is 3.30. The monoisotopic (exact) mass is 323 g/mol. The molecule has 0 heterocycles. The second-order valence-corrected chi connectivity index (χ2v) is 6.69. The smallest absolute Gasteiger partial charge is 0.310 e. The molecule has 2 atom stereocenters. The molecular weight excluding hydrogens is 298 g/mol. The van der Waals surface area contributed by atoms with E-state index in [0.717, 1.165) is 19.5 Å². The molecule has 3 nitrogen and oxygen atoms in total. The Kier molecular flexibility index (Phi) is 5.00. The van der Waals surface area contributed by atoms with Gasteiger partial charge in [0, 0.05) is 18.6 Å². The maximum Gasteiger partial charge on any atom is 0.310 e. The minimum Gasteiger partial charge on any atom is -0.466 e. The van der Waals surface area contributed by atoms with Gasteiger partial charge in [-0.3, -0.25) is 9.69 Å². The van der Waals surface area contributed by atoms with Crippen molar-refractivity contribution in [2.24, 2.45) is 5.92 Å². The molecule has 0 N–H and O–H groups in total. The lowest BCUT2D eigenvalue weighted by Gasteiger charge is -2.30. The lowest BCUT2D eigenvalue weighted by molar-refractivity contribution is -0.145. The first-order chi connectivity index (χ1) is 11.6. The maximum atomic E-state index is 12.2. The summed E-state index contributed by atoms with van der Waals surface area (Å²) in [6.07, 6.45) is 0.867. The van der Waals surface area contributed by atoms with Crippen molar-refractivity contribution in [3.63, 3.8) is 0 Å². The Morgan fingerprint density at radius 3 is 2.00 bits per heavy atom. The van der Waals surface area contributed by atoms with Crippen LogP contribution in [0.4, 0.5) is 0 Å². The lowest BCUT2D eigenvalue weighted by atomic mass is 10.1. The summed E-state index contributed by atoms with van der Waals surface area (Å²) >= 11 is 0. The highest BCUT2D eigenvalue weighted by atomic mass is 16.5. The van der Waals surface area contributed by atoms with Gasteiger partial charge < -0.3 is 4.74 Å². The number of hydrogen-bond donors (Lipinski definition) is 0. The molecule has 0 amide bonds. The van der Waals surface area contributed by atoms with Gasteiger partial charge in [-0.25, -0.2) is 0 Å². The number of nitrogens with zero attached hydrogens (tertiary/aromatic N) is 1. The van der Waals surface area contributed by atoms with Crippen molar-refractivity contribution in [3.8, 4) is 0 Å². The van der Waals surface area contributed by atoms with Gasteiger partial charge in [0.05, 0.1) is 12.5 Å². The Labute approximate surface area is 144 Å². The van der Waals surface area contributed by atoms with Crippen molar-refractivity contribution in [1.82, 2.24) is 4.90 Å². The molecule has 1 fully saturated rings. The number of hydrogen-bond acceptors (Lipinski definition) is 3. The van der Waals surface area contributed by atoms with Crippen LogP contribution in [0.1, 0.15) is 31.4 Å². The summed E-state index contributed by atoms with van der Waals surface area (Å²) in [4.78, 5) is 14.6. The molecule has 3 rings (SSSR count).